The van der Waals surface area contributed by atoms with Crippen LogP contribution < -0.4 is 5.73 Å². The van der Waals surface area contributed by atoms with Gasteiger partial charge in [0.05, 0.1) is 11.7 Å². The van der Waals surface area contributed by atoms with Crippen molar-refractivity contribution in [3.63, 3.8) is 0 Å². The SMILES string of the molecule is CC(c1cccs1)N(C)C(CN)c1ccncn1. The highest BCUT2D eigenvalue weighted by atomic mass is 32.1. The van der Waals surface area contributed by atoms with Crippen molar-refractivity contribution in [3.05, 3.63) is 46.7 Å². The third kappa shape index (κ3) is 2.75. The highest BCUT2D eigenvalue weighted by Crippen LogP contribution is 2.29. The molecule has 5 heteroatoms. The molecular formula is C13H18N4S. The molecule has 0 bridgehead atoms. The first-order chi connectivity index (χ1) is 8.74. The van der Waals surface area contributed by atoms with Crippen molar-refractivity contribution < 1.29 is 0 Å². The van der Waals surface area contributed by atoms with Gasteiger partial charge < -0.3 is 5.73 Å². The summed E-state index contributed by atoms with van der Waals surface area (Å²) >= 11 is 1.77. The molecule has 4 nitrogen and oxygen atoms in total. The molecule has 18 heavy (non-hydrogen) atoms. The van der Waals surface area contributed by atoms with E-state index in [0.717, 1.165) is 5.69 Å². The van der Waals surface area contributed by atoms with Crippen LogP contribution in [0.25, 0.3) is 0 Å². The summed E-state index contributed by atoms with van der Waals surface area (Å²) in [5.74, 6) is 0. The lowest BCUT2D eigenvalue weighted by molar-refractivity contribution is 0.189. The summed E-state index contributed by atoms with van der Waals surface area (Å²) in [7, 11) is 2.09. The Bertz CT molecular complexity index is 457. The summed E-state index contributed by atoms with van der Waals surface area (Å²) in [5.41, 5.74) is 6.87. The Labute approximate surface area is 111 Å². The van der Waals surface area contributed by atoms with Gasteiger partial charge in [0.2, 0.25) is 0 Å². The second-order valence-corrected chi connectivity index (χ2v) is 5.22. The molecule has 0 amide bonds. The molecule has 96 valence electrons. The van der Waals surface area contributed by atoms with E-state index in [4.69, 9.17) is 5.73 Å². The van der Waals surface area contributed by atoms with Crippen LogP contribution in [0.5, 0.6) is 0 Å². The molecule has 2 aromatic rings. The first-order valence-corrected chi connectivity index (χ1v) is 6.83. The van der Waals surface area contributed by atoms with Crippen LogP contribution in [0.2, 0.25) is 0 Å². The molecule has 0 aliphatic heterocycles. The Morgan fingerprint density at radius 2 is 2.28 bits per heavy atom. The quantitative estimate of drug-likeness (QED) is 0.897. The number of nitrogens with two attached hydrogens (primary N) is 1. The zero-order chi connectivity index (χ0) is 13.0. The van der Waals surface area contributed by atoms with E-state index in [9.17, 15) is 0 Å². The normalized spacial score (nSPS) is 14.7. The van der Waals surface area contributed by atoms with Gasteiger partial charge >= 0.3 is 0 Å². The number of hydrogen-bond acceptors (Lipinski definition) is 5. The lowest BCUT2D eigenvalue weighted by Crippen LogP contribution is -2.33. The van der Waals surface area contributed by atoms with Gasteiger partial charge in [0.1, 0.15) is 6.33 Å². The van der Waals surface area contributed by atoms with E-state index in [0.29, 0.717) is 12.6 Å². The maximum Gasteiger partial charge on any atom is 0.115 e. The molecular weight excluding hydrogens is 244 g/mol. The fourth-order valence-corrected chi connectivity index (χ4v) is 2.83. The molecule has 2 heterocycles. The predicted octanol–water partition coefficient (Wildman–Crippen LogP) is 2.23. The van der Waals surface area contributed by atoms with Crippen LogP contribution in [0.1, 0.15) is 29.6 Å². The van der Waals surface area contributed by atoms with Crippen LogP contribution in [0.4, 0.5) is 0 Å². The molecule has 2 N–H and O–H groups in total. The largest absolute Gasteiger partial charge is 0.329 e. The summed E-state index contributed by atoms with van der Waals surface area (Å²) < 4.78 is 0. The van der Waals surface area contributed by atoms with Crippen LogP contribution in [0.3, 0.4) is 0 Å². The van der Waals surface area contributed by atoms with Crippen molar-refractivity contribution >= 4 is 11.3 Å². The third-order valence-electron chi connectivity index (χ3n) is 3.23. The van der Waals surface area contributed by atoms with E-state index in [2.05, 4.69) is 46.4 Å². The molecule has 0 aromatic carbocycles. The van der Waals surface area contributed by atoms with Crippen LogP contribution in [0, 0.1) is 0 Å². The van der Waals surface area contributed by atoms with E-state index in [-0.39, 0.29) is 6.04 Å². The Kier molecular flexibility index (Phi) is 4.41. The lowest BCUT2D eigenvalue weighted by atomic mass is 10.1. The van der Waals surface area contributed by atoms with Gasteiger partial charge in [0, 0.05) is 23.7 Å². The van der Waals surface area contributed by atoms with Gasteiger partial charge in [-0.2, -0.15) is 0 Å². The first-order valence-electron chi connectivity index (χ1n) is 5.95. The molecule has 2 aromatic heterocycles. The number of nitrogens with zero attached hydrogens (tertiary/aromatic N) is 3. The Morgan fingerprint density at radius 3 is 2.83 bits per heavy atom. The van der Waals surface area contributed by atoms with Gasteiger partial charge in [-0.1, -0.05) is 6.07 Å². The van der Waals surface area contributed by atoms with Crippen molar-refractivity contribution in [2.24, 2.45) is 5.73 Å². The van der Waals surface area contributed by atoms with E-state index in [1.54, 1.807) is 23.9 Å². The maximum absolute atomic E-state index is 5.90. The number of thiophene rings is 1. The number of aromatic nitrogens is 2. The van der Waals surface area contributed by atoms with Crippen molar-refractivity contribution in [1.29, 1.82) is 0 Å². The van der Waals surface area contributed by atoms with Crippen LogP contribution in [-0.2, 0) is 0 Å². The fourth-order valence-electron chi connectivity index (χ4n) is 1.99. The van der Waals surface area contributed by atoms with Crippen LogP contribution >= 0.6 is 11.3 Å². The highest BCUT2D eigenvalue weighted by molar-refractivity contribution is 7.10. The topological polar surface area (TPSA) is 55.0 Å². The maximum atomic E-state index is 5.90. The minimum Gasteiger partial charge on any atom is -0.329 e. The summed E-state index contributed by atoms with van der Waals surface area (Å²) in [5, 5.41) is 2.10. The predicted molar refractivity (Wildman–Crippen MR) is 74.3 cm³/mol. The van der Waals surface area contributed by atoms with Gasteiger partial charge in [0.25, 0.3) is 0 Å². The Hall–Kier alpha value is -1.30. The van der Waals surface area contributed by atoms with Crippen molar-refractivity contribution in [2.75, 3.05) is 13.6 Å². The highest BCUT2D eigenvalue weighted by Gasteiger charge is 2.22. The second-order valence-electron chi connectivity index (χ2n) is 4.24. The molecule has 0 fully saturated rings. The zero-order valence-electron chi connectivity index (χ0n) is 10.7. The van der Waals surface area contributed by atoms with Gasteiger partial charge in [-0.15, -0.1) is 11.3 Å². The van der Waals surface area contributed by atoms with E-state index >= 15 is 0 Å². The van der Waals surface area contributed by atoms with Gasteiger partial charge in [-0.3, -0.25) is 4.90 Å². The van der Waals surface area contributed by atoms with E-state index in [1.807, 2.05) is 6.07 Å². The number of rotatable bonds is 5. The zero-order valence-corrected chi connectivity index (χ0v) is 11.5. The van der Waals surface area contributed by atoms with E-state index < -0.39 is 0 Å². The Morgan fingerprint density at radius 1 is 1.44 bits per heavy atom. The monoisotopic (exact) mass is 262 g/mol. The van der Waals surface area contributed by atoms with Crippen molar-refractivity contribution in [2.45, 2.75) is 19.0 Å². The van der Waals surface area contributed by atoms with E-state index in [1.165, 1.54) is 4.88 Å². The molecule has 0 aliphatic carbocycles. The standard InChI is InChI=1S/C13H18N4S/c1-10(13-4-3-7-18-13)17(2)12(8-14)11-5-6-15-9-16-11/h3-7,9-10,12H,8,14H2,1-2H3. The summed E-state index contributed by atoms with van der Waals surface area (Å²) in [6.07, 6.45) is 3.33. The van der Waals surface area contributed by atoms with Crippen LogP contribution in [0.15, 0.2) is 36.1 Å². The summed E-state index contributed by atoms with van der Waals surface area (Å²) in [6.45, 7) is 2.74. The first kappa shape index (κ1) is 13.1. The molecule has 2 unspecified atom stereocenters. The second kappa shape index (κ2) is 6.04. The van der Waals surface area contributed by atoms with Crippen molar-refractivity contribution in [3.8, 4) is 0 Å². The molecule has 0 saturated heterocycles. The lowest BCUT2D eigenvalue weighted by Gasteiger charge is -2.31. The third-order valence-corrected chi connectivity index (χ3v) is 4.27. The Balaban J connectivity index is 2.18. The number of hydrogen-bond donors (Lipinski definition) is 1. The van der Waals surface area contributed by atoms with Crippen molar-refractivity contribution in [1.82, 2.24) is 14.9 Å². The number of likely N-dealkylation sites (N-methyl/N-ethyl adjacent to an activating group) is 1. The minimum atomic E-state index is 0.116. The molecule has 2 atom stereocenters. The van der Waals surface area contributed by atoms with Gasteiger partial charge in [0.15, 0.2) is 0 Å². The smallest absolute Gasteiger partial charge is 0.115 e. The molecule has 0 saturated carbocycles. The summed E-state index contributed by atoms with van der Waals surface area (Å²) in [4.78, 5) is 11.8. The average molecular weight is 262 g/mol. The molecule has 0 spiro atoms. The molecule has 0 radical (unpaired) electrons. The molecule has 0 aliphatic rings. The average Bonchev–Trinajstić information content (AvgIpc) is 2.94. The summed E-state index contributed by atoms with van der Waals surface area (Å²) in [6, 6.07) is 6.60. The molecule has 2 rings (SSSR count). The van der Waals surface area contributed by atoms with Gasteiger partial charge in [-0.05, 0) is 31.5 Å². The minimum absolute atomic E-state index is 0.116. The van der Waals surface area contributed by atoms with Crippen LogP contribution in [-0.4, -0.2) is 28.5 Å². The van der Waals surface area contributed by atoms with Gasteiger partial charge in [-0.25, -0.2) is 9.97 Å². The fraction of sp³-hybridized carbons (Fsp3) is 0.385.